The van der Waals surface area contributed by atoms with E-state index >= 15 is 0 Å². The van der Waals surface area contributed by atoms with E-state index in [1.807, 2.05) is 6.07 Å². The fourth-order valence-corrected chi connectivity index (χ4v) is 2.52. The third-order valence-corrected chi connectivity index (χ3v) is 4.70. The van der Waals surface area contributed by atoms with Crippen LogP contribution in [0.1, 0.15) is 12.6 Å². The highest BCUT2D eigenvalue weighted by atomic mass is 35.5. The number of hydrogen-bond acceptors (Lipinski definition) is 4. The second-order valence-corrected chi connectivity index (χ2v) is 5.68. The van der Waals surface area contributed by atoms with Gasteiger partial charge in [0.25, 0.3) is 0 Å². The van der Waals surface area contributed by atoms with Crippen LogP contribution < -0.4 is 0 Å². The molecule has 4 nitrogen and oxygen atoms in total. The van der Waals surface area contributed by atoms with E-state index in [-0.39, 0.29) is 16.5 Å². The molecular weight excluding hydrogens is 236 g/mol. The number of nitriles is 1. The second-order valence-electron chi connectivity index (χ2n) is 3.00. The van der Waals surface area contributed by atoms with E-state index in [1.54, 1.807) is 0 Å². The average Bonchev–Trinajstić information content (AvgIpc) is 2.28. The predicted molar refractivity (Wildman–Crippen MR) is 56.3 cm³/mol. The van der Waals surface area contributed by atoms with Crippen molar-refractivity contribution in [2.75, 3.05) is 5.88 Å². The van der Waals surface area contributed by atoms with Crippen molar-refractivity contribution < 1.29 is 8.42 Å². The van der Waals surface area contributed by atoms with Crippen LogP contribution >= 0.6 is 11.6 Å². The van der Waals surface area contributed by atoms with Gasteiger partial charge in [-0.1, -0.05) is 0 Å². The van der Waals surface area contributed by atoms with Gasteiger partial charge in [-0.3, -0.25) is 0 Å². The number of aromatic nitrogens is 1. The van der Waals surface area contributed by atoms with Crippen molar-refractivity contribution in [2.24, 2.45) is 0 Å². The Morgan fingerprint density at radius 1 is 1.60 bits per heavy atom. The van der Waals surface area contributed by atoms with E-state index in [1.165, 1.54) is 25.3 Å². The second kappa shape index (κ2) is 4.60. The van der Waals surface area contributed by atoms with Gasteiger partial charge in [-0.05, 0) is 19.1 Å². The van der Waals surface area contributed by atoms with E-state index in [4.69, 9.17) is 16.9 Å². The maximum atomic E-state index is 11.8. The highest BCUT2D eigenvalue weighted by Gasteiger charge is 2.22. The van der Waals surface area contributed by atoms with Gasteiger partial charge in [0.1, 0.15) is 11.8 Å². The van der Waals surface area contributed by atoms with Gasteiger partial charge in [-0.2, -0.15) is 5.26 Å². The third-order valence-electron chi connectivity index (χ3n) is 1.93. The quantitative estimate of drug-likeness (QED) is 0.753. The number of pyridine rings is 1. The van der Waals surface area contributed by atoms with Gasteiger partial charge in [0.2, 0.25) is 0 Å². The van der Waals surface area contributed by atoms with E-state index < -0.39 is 15.1 Å². The summed E-state index contributed by atoms with van der Waals surface area (Å²) in [7, 11) is -3.42. The monoisotopic (exact) mass is 244 g/mol. The summed E-state index contributed by atoms with van der Waals surface area (Å²) in [5, 5.41) is 7.85. The molecule has 1 aromatic heterocycles. The molecule has 1 atom stereocenters. The maximum Gasteiger partial charge on any atom is 0.183 e. The summed E-state index contributed by atoms with van der Waals surface area (Å²) >= 11 is 5.49. The Hall–Kier alpha value is -1.12. The van der Waals surface area contributed by atoms with Gasteiger partial charge in [0.15, 0.2) is 9.84 Å². The SMILES string of the molecule is CC(CCl)S(=O)(=O)c1ccc(C#N)nc1. The normalized spacial score (nSPS) is 13.1. The summed E-state index contributed by atoms with van der Waals surface area (Å²) < 4.78 is 23.5. The van der Waals surface area contributed by atoms with Crippen molar-refractivity contribution in [3.63, 3.8) is 0 Å². The molecule has 0 aliphatic rings. The van der Waals surface area contributed by atoms with Gasteiger partial charge in [-0.25, -0.2) is 13.4 Å². The van der Waals surface area contributed by atoms with Crippen molar-refractivity contribution in [2.45, 2.75) is 17.1 Å². The summed E-state index contributed by atoms with van der Waals surface area (Å²) in [6.45, 7) is 1.53. The van der Waals surface area contributed by atoms with Crippen LogP contribution in [0.5, 0.6) is 0 Å². The zero-order valence-corrected chi connectivity index (χ0v) is 9.59. The van der Waals surface area contributed by atoms with Crippen LogP contribution in [0.3, 0.4) is 0 Å². The molecule has 0 radical (unpaired) electrons. The lowest BCUT2D eigenvalue weighted by Gasteiger charge is -2.08. The first-order chi connectivity index (χ1) is 7.02. The lowest BCUT2D eigenvalue weighted by Crippen LogP contribution is -2.19. The number of nitrogens with zero attached hydrogens (tertiary/aromatic N) is 2. The molecule has 6 heteroatoms. The summed E-state index contributed by atoms with van der Waals surface area (Å²) in [4.78, 5) is 3.79. The van der Waals surface area contributed by atoms with Crippen LogP contribution in [-0.4, -0.2) is 24.5 Å². The minimum absolute atomic E-state index is 0.0301. The Morgan fingerprint density at radius 3 is 2.67 bits per heavy atom. The van der Waals surface area contributed by atoms with Crippen molar-refractivity contribution in [1.29, 1.82) is 5.26 Å². The predicted octanol–water partition coefficient (Wildman–Crippen LogP) is 1.35. The van der Waals surface area contributed by atoms with E-state index in [2.05, 4.69) is 4.98 Å². The zero-order valence-electron chi connectivity index (χ0n) is 8.01. The molecule has 0 fully saturated rings. The standard InChI is InChI=1S/C9H9ClN2O2S/c1-7(4-10)15(13,14)9-3-2-8(5-11)12-6-9/h2-3,6-7H,4H2,1H3. The van der Waals surface area contributed by atoms with Gasteiger partial charge in [0.05, 0.1) is 10.1 Å². The molecule has 0 saturated carbocycles. The minimum Gasteiger partial charge on any atom is -0.244 e. The fraction of sp³-hybridized carbons (Fsp3) is 0.333. The molecule has 0 aliphatic carbocycles. The lowest BCUT2D eigenvalue weighted by atomic mass is 10.4. The van der Waals surface area contributed by atoms with Crippen LogP contribution in [-0.2, 0) is 9.84 Å². The molecule has 80 valence electrons. The smallest absolute Gasteiger partial charge is 0.183 e. The molecule has 0 bridgehead atoms. The van der Waals surface area contributed by atoms with Crippen LogP contribution in [0.2, 0.25) is 0 Å². The first kappa shape index (κ1) is 12.0. The molecular formula is C9H9ClN2O2S. The lowest BCUT2D eigenvalue weighted by molar-refractivity contribution is 0.587. The van der Waals surface area contributed by atoms with Crippen LogP contribution in [0.4, 0.5) is 0 Å². The summed E-state index contributed by atoms with van der Waals surface area (Å²) in [5.74, 6) is 0.0301. The summed E-state index contributed by atoms with van der Waals surface area (Å²) in [5.41, 5.74) is 0.187. The summed E-state index contributed by atoms with van der Waals surface area (Å²) in [6.07, 6.45) is 1.18. The molecule has 15 heavy (non-hydrogen) atoms. The Morgan fingerprint density at radius 2 is 2.27 bits per heavy atom. The van der Waals surface area contributed by atoms with Gasteiger partial charge >= 0.3 is 0 Å². The number of rotatable bonds is 3. The molecule has 0 amide bonds. The summed E-state index contributed by atoms with van der Waals surface area (Å²) in [6, 6.07) is 4.55. The highest BCUT2D eigenvalue weighted by Crippen LogP contribution is 2.15. The molecule has 0 saturated heterocycles. The maximum absolute atomic E-state index is 11.8. The van der Waals surface area contributed by atoms with Crippen molar-refractivity contribution in [3.8, 4) is 6.07 Å². The van der Waals surface area contributed by atoms with Crippen molar-refractivity contribution in [1.82, 2.24) is 4.98 Å². The number of alkyl halides is 1. The van der Waals surface area contributed by atoms with Gasteiger partial charge < -0.3 is 0 Å². The average molecular weight is 245 g/mol. The fourth-order valence-electron chi connectivity index (χ4n) is 0.930. The molecule has 1 unspecified atom stereocenters. The number of halogens is 1. The zero-order chi connectivity index (χ0) is 11.5. The molecule has 0 aromatic carbocycles. The van der Waals surface area contributed by atoms with Crippen LogP contribution in [0.15, 0.2) is 23.2 Å². The molecule has 1 rings (SSSR count). The van der Waals surface area contributed by atoms with Crippen LogP contribution in [0.25, 0.3) is 0 Å². The Bertz CT molecular complexity index is 476. The molecule has 0 N–H and O–H groups in total. The third kappa shape index (κ3) is 2.46. The molecule has 1 heterocycles. The largest absolute Gasteiger partial charge is 0.244 e. The first-order valence-electron chi connectivity index (χ1n) is 4.18. The number of sulfone groups is 1. The Kier molecular flexibility index (Phi) is 3.66. The van der Waals surface area contributed by atoms with Crippen LogP contribution in [0, 0.1) is 11.3 Å². The van der Waals surface area contributed by atoms with Gasteiger partial charge in [0, 0.05) is 12.1 Å². The van der Waals surface area contributed by atoms with Gasteiger partial charge in [-0.15, -0.1) is 11.6 Å². The van der Waals surface area contributed by atoms with E-state index in [9.17, 15) is 8.42 Å². The molecule has 0 spiro atoms. The van der Waals surface area contributed by atoms with E-state index in [0.29, 0.717) is 0 Å². The molecule has 1 aromatic rings. The minimum atomic E-state index is -3.42. The van der Waals surface area contributed by atoms with Crippen molar-refractivity contribution >= 4 is 21.4 Å². The van der Waals surface area contributed by atoms with E-state index in [0.717, 1.165) is 0 Å². The highest BCUT2D eigenvalue weighted by molar-refractivity contribution is 7.92. The Balaban J connectivity index is 3.13. The Labute approximate surface area is 93.4 Å². The topological polar surface area (TPSA) is 70.8 Å². The molecule has 0 aliphatic heterocycles. The number of hydrogen-bond donors (Lipinski definition) is 0. The first-order valence-corrected chi connectivity index (χ1v) is 6.26. The van der Waals surface area contributed by atoms with Crippen molar-refractivity contribution in [3.05, 3.63) is 24.0 Å².